The van der Waals surface area contributed by atoms with E-state index in [0.717, 1.165) is 12.1 Å². The molecule has 0 bridgehead atoms. The smallest absolute Gasteiger partial charge is 0.323 e. The minimum atomic E-state index is -4.16. The average molecular weight is 358 g/mol. The van der Waals surface area contributed by atoms with Gasteiger partial charge in [-0.25, -0.2) is 13.6 Å². The van der Waals surface area contributed by atoms with Gasteiger partial charge in [0.05, 0.1) is 22.3 Å². The molecule has 118 valence electrons. The molecule has 12 heteroatoms. The number of sulfonamides is 1. The molecule has 21 heavy (non-hydrogen) atoms. The zero-order chi connectivity index (χ0) is 16.0. The monoisotopic (exact) mass is 357 g/mol. The van der Waals surface area contributed by atoms with Crippen LogP contribution in [0.1, 0.15) is 0 Å². The molecule has 9 nitrogen and oxygen atoms in total. The van der Waals surface area contributed by atoms with Crippen LogP contribution >= 0.6 is 22.4 Å². The largest absolute Gasteiger partial charge is 0.480 e. The number of aliphatic carboxylic acids is 1. The number of carbonyl (C=O) groups is 1. The van der Waals surface area contributed by atoms with Crippen molar-refractivity contribution >= 4 is 44.1 Å². The fourth-order valence-corrected chi connectivity index (χ4v) is 4.27. The predicted molar refractivity (Wildman–Crippen MR) is 76.9 cm³/mol. The van der Waals surface area contributed by atoms with Gasteiger partial charge in [0.25, 0.3) is 0 Å². The van der Waals surface area contributed by atoms with E-state index in [2.05, 4.69) is 4.72 Å². The highest BCUT2D eigenvalue weighted by Gasteiger charge is 2.32. The predicted octanol–water partition coefficient (Wildman–Crippen LogP) is 0.464. The number of carboxylic acid groups (broad SMARTS) is 1. The van der Waals surface area contributed by atoms with E-state index >= 15 is 0 Å². The van der Waals surface area contributed by atoms with E-state index in [4.69, 9.17) is 21.8 Å². The van der Waals surface area contributed by atoms with Crippen LogP contribution in [0, 0.1) is 0 Å². The van der Waals surface area contributed by atoms with Crippen LogP contribution in [0.2, 0.25) is 5.02 Å². The Morgan fingerprint density at radius 1 is 1.48 bits per heavy atom. The van der Waals surface area contributed by atoms with Crippen molar-refractivity contribution in [1.82, 2.24) is 4.72 Å². The van der Waals surface area contributed by atoms with Gasteiger partial charge in [-0.15, -0.1) is 10.8 Å². The summed E-state index contributed by atoms with van der Waals surface area (Å²) in [5.41, 5.74) is 0.119. The van der Waals surface area contributed by atoms with Crippen molar-refractivity contribution in [2.75, 3.05) is 18.1 Å². The van der Waals surface area contributed by atoms with Gasteiger partial charge < -0.3 is 10.0 Å². The van der Waals surface area contributed by atoms with Gasteiger partial charge in [0, 0.05) is 0 Å². The molecule has 1 heterocycles. The van der Waals surface area contributed by atoms with Gasteiger partial charge in [0.1, 0.15) is 11.4 Å². The SMILES string of the molecule is NS(=O)(=O)c1cc2c(cc1Cl)N(CC(=O)O)CNS2(O)O. The first-order valence-electron chi connectivity index (χ1n) is 5.38. The lowest BCUT2D eigenvalue weighted by Crippen LogP contribution is -2.43. The summed E-state index contributed by atoms with van der Waals surface area (Å²) in [7, 11) is -7.63. The molecule has 1 aromatic rings. The summed E-state index contributed by atoms with van der Waals surface area (Å²) in [4.78, 5) is 11.4. The number of anilines is 1. The normalized spacial score (nSPS) is 19.0. The summed E-state index contributed by atoms with van der Waals surface area (Å²) in [6.45, 7) is -0.576. The Kier molecular flexibility index (Phi) is 4.10. The lowest BCUT2D eigenvalue weighted by atomic mass is 10.3. The van der Waals surface area contributed by atoms with Gasteiger partial charge in [-0.1, -0.05) is 11.6 Å². The van der Waals surface area contributed by atoms with Crippen molar-refractivity contribution < 1.29 is 27.4 Å². The fourth-order valence-electron chi connectivity index (χ4n) is 1.85. The molecule has 0 saturated carbocycles. The molecular weight excluding hydrogens is 346 g/mol. The number of nitrogens with zero attached hydrogens (tertiary/aromatic N) is 1. The molecule has 0 amide bonds. The van der Waals surface area contributed by atoms with Gasteiger partial charge in [-0.05, 0) is 12.1 Å². The van der Waals surface area contributed by atoms with Gasteiger partial charge in [0.2, 0.25) is 10.0 Å². The van der Waals surface area contributed by atoms with Gasteiger partial charge in [-0.2, -0.15) is 4.72 Å². The second-order valence-electron chi connectivity index (χ2n) is 4.24. The average Bonchev–Trinajstić information content (AvgIpc) is 2.30. The molecule has 0 atom stereocenters. The number of primary sulfonamides is 1. The topological polar surface area (TPSA) is 153 Å². The molecule has 6 N–H and O–H groups in total. The highest BCUT2D eigenvalue weighted by molar-refractivity contribution is 8.22. The number of nitrogens with one attached hydrogen (secondary N) is 1. The molecule has 0 aliphatic carbocycles. The maximum absolute atomic E-state index is 11.4. The first-order chi connectivity index (χ1) is 9.52. The van der Waals surface area contributed by atoms with Gasteiger partial charge in [-0.3, -0.25) is 13.9 Å². The molecule has 1 aromatic carbocycles. The van der Waals surface area contributed by atoms with Crippen LogP contribution in [0.25, 0.3) is 0 Å². The Hall–Kier alpha value is -1.08. The summed E-state index contributed by atoms with van der Waals surface area (Å²) >= 11 is 5.83. The quantitative estimate of drug-likeness (QED) is 0.523. The van der Waals surface area contributed by atoms with Crippen LogP contribution < -0.4 is 14.8 Å². The highest BCUT2D eigenvalue weighted by atomic mass is 35.5. The van der Waals surface area contributed by atoms with E-state index in [1.54, 1.807) is 0 Å². The molecule has 0 radical (unpaired) electrons. The fraction of sp³-hybridized carbons (Fsp3) is 0.222. The van der Waals surface area contributed by atoms with Crippen LogP contribution in [0.3, 0.4) is 0 Å². The second kappa shape index (κ2) is 5.28. The molecule has 0 saturated heterocycles. The first kappa shape index (κ1) is 16.3. The highest BCUT2D eigenvalue weighted by Crippen LogP contribution is 2.53. The Labute approximate surface area is 126 Å². The van der Waals surface area contributed by atoms with Crippen LogP contribution in [0.4, 0.5) is 5.69 Å². The number of fused-ring (bicyclic) bond motifs is 1. The first-order valence-corrected chi connectivity index (χ1v) is 8.85. The van der Waals surface area contributed by atoms with E-state index < -0.39 is 38.2 Å². The second-order valence-corrected chi connectivity index (χ2v) is 8.00. The Morgan fingerprint density at radius 3 is 2.62 bits per heavy atom. The van der Waals surface area contributed by atoms with E-state index in [1.807, 2.05) is 0 Å². The van der Waals surface area contributed by atoms with Crippen LogP contribution in [-0.4, -0.2) is 41.8 Å². The molecule has 0 unspecified atom stereocenters. The van der Waals surface area contributed by atoms with Gasteiger partial charge >= 0.3 is 5.97 Å². The molecule has 0 aromatic heterocycles. The van der Waals surface area contributed by atoms with Crippen LogP contribution in [-0.2, 0) is 14.8 Å². The standard InChI is InChI=1S/C9H12ClN3O6S2/c10-5-1-6-8(2-7(5)20(11,16)17)21(18,19)12-4-13(6)3-9(14)15/h1-2,12,18-19H,3-4H2,(H,14,15)(H2,11,16,17). The van der Waals surface area contributed by atoms with Crippen molar-refractivity contribution in [2.24, 2.45) is 5.14 Å². The van der Waals surface area contributed by atoms with Crippen LogP contribution in [0.5, 0.6) is 0 Å². The maximum Gasteiger partial charge on any atom is 0.323 e. The minimum Gasteiger partial charge on any atom is -0.480 e. The summed E-state index contributed by atoms with van der Waals surface area (Å²) in [6, 6.07) is 2.08. The van der Waals surface area contributed by atoms with Crippen LogP contribution in [0.15, 0.2) is 21.9 Å². The van der Waals surface area contributed by atoms with E-state index in [-0.39, 0.29) is 22.3 Å². The number of rotatable bonds is 3. The third-order valence-electron chi connectivity index (χ3n) is 2.75. The maximum atomic E-state index is 11.4. The van der Waals surface area contributed by atoms with E-state index in [9.17, 15) is 22.3 Å². The zero-order valence-corrected chi connectivity index (χ0v) is 12.7. The van der Waals surface area contributed by atoms with Crippen molar-refractivity contribution in [3.8, 4) is 0 Å². The number of halogens is 1. The van der Waals surface area contributed by atoms with Crippen molar-refractivity contribution in [1.29, 1.82) is 0 Å². The summed E-state index contributed by atoms with van der Waals surface area (Å²) < 4.78 is 45.1. The number of carboxylic acids is 1. The number of nitrogens with two attached hydrogens (primary N) is 1. The Morgan fingerprint density at radius 2 is 2.10 bits per heavy atom. The molecular formula is C9H12ClN3O6S2. The molecule has 1 aliphatic rings. The molecule has 0 fully saturated rings. The summed E-state index contributed by atoms with van der Waals surface area (Å²) in [6.07, 6.45) is 0. The number of hydrogen-bond donors (Lipinski definition) is 5. The zero-order valence-electron chi connectivity index (χ0n) is 10.4. The summed E-state index contributed by atoms with van der Waals surface area (Å²) in [5, 5.41) is 13.6. The van der Waals surface area contributed by atoms with Crippen molar-refractivity contribution in [2.45, 2.75) is 9.79 Å². The Balaban J connectivity index is 2.65. The van der Waals surface area contributed by atoms with E-state index in [0.29, 0.717) is 0 Å². The Bertz CT molecular complexity index is 708. The number of hydrogen-bond acceptors (Lipinski definition) is 7. The molecule has 1 aliphatic heterocycles. The molecule has 2 rings (SSSR count). The minimum absolute atomic E-state index is 0.119. The van der Waals surface area contributed by atoms with Gasteiger partial charge in [0.15, 0.2) is 0 Å². The van der Waals surface area contributed by atoms with E-state index in [1.165, 1.54) is 4.90 Å². The number of benzene rings is 1. The third-order valence-corrected chi connectivity index (χ3v) is 5.60. The summed E-state index contributed by atoms with van der Waals surface area (Å²) in [5.74, 6) is -1.15. The van der Waals surface area contributed by atoms with Crippen molar-refractivity contribution in [3.63, 3.8) is 0 Å². The lowest BCUT2D eigenvalue weighted by molar-refractivity contribution is -0.135. The molecule has 0 spiro atoms. The third kappa shape index (κ3) is 3.23. The van der Waals surface area contributed by atoms with Crippen molar-refractivity contribution in [3.05, 3.63) is 17.2 Å². The lowest BCUT2D eigenvalue weighted by Gasteiger charge is -2.43.